The van der Waals surface area contributed by atoms with Gasteiger partial charge in [-0.2, -0.15) is 0 Å². The van der Waals surface area contributed by atoms with Gasteiger partial charge in [0, 0.05) is 25.2 Å². The van der Waals surface area contributed by atoms with Crippen LogP contribution in [0, 0.1) is 0 Å². The SMILES string of the molecule is C=CCN(CCc1ccccc1OC)Cc1cccc(OC)c1OCc1ccccc1. The molecule has 0 unspecified atom stereocenters. The smallest absolute Gasteiger partial charge is 0.166 e. The van der Waals surface area contributed by atoms with Gasteiger partial charge in [0.05, 0.1) is 14.2 Å². The molecule has 0 aromatic heterocycles. The highest BCUT2D eigenvalue weighted by Gasteiger charge is 2.15. The maximum Gasteiger partial charge on any atom is 0.166 e. The van der Waals surface area contributed by atoms with Crippen LogP contribution in [-0.4, -0.2) is 32.2 Å². The van der Waals surface area contributed by atoms with Crippen molar-refractivity contribution in [1.29, 1.82) is 0 Å². The summed E-state index contributed by atoms with van der Waals surface area (Å²) in [5, 5.41) is 0. The van der Waals surface area contributed by atoms with Gasteiger partial charge in [-0.3, -0.25) is 4.90 Å². The minimum Gasteiger partial charge on any atom is -0.496 e. The third-order valence-electron chi connectivity index (χ3n) is 5.18. The number of hydrogen-bond donors (Lipinski definition) is 0. The Labute approximate surface area is 185 Å². The van der Waals surface area contributed by atoms with E-state index in [-0.39, 0.29) is 0 Å². The van der Waals surface area contributed by atoms with Crippen LogP contribution in [0.25, 0.3) is 0 Å². The Morgan fingerprint density at radius 1 is 0.806 bits per heavy atom. The van der Waals surface area contributed by atoms with E-state index in [0.717, 1.165) is 54.4 Å². The molecule has 0 aliphatic heterocycles. The van der Waals surface area contributed by atoms with Gasteiger partial charge < -0.3 is 14.2 Å². The van der Waals surface area contributed by atoms with Crippen LogP contribution in [0.3, 0.4) is 0 Å². The molecular weight excluding hydrogens is 386 g/mol. The molecular formula is C27H31NO3. The van der Waals surface area contributed by atoms with Crippen LogP contribution in [0.5, 0.6) is 17.2 Å². The quantitative estimate of drug-likeness (QED) is 0.364. The summed E-state index contributed by atoms with van der Waals surface area (Å²) in [5.41, 5.74) is 3.42. The van der Waals surface area contributed by atoms with Crippen molar-refractivity contribution in [2.24, 2.45) is 0 Å². The molecule has 3 aromatic rings. The predicted octanol–water partition coefficient (Wildman–Crippen LogP) is 5.51. The summed E-state index contributed by atoms with van der Waals surface area (Å²) in [4.78, 5) is 2.35. The maximum absolute atomic E-state index is 6.23. The second-order valence-electron chi connectivity index (χ2n) is 7.31. The molecule has 162 valence electrons. The van der Waals surface area contributed by atoms with Crippen LogP contribution in [0.15, 0.2) is 85.5 Å². The zero-order valence-electron chi connectivity index (χ0n) is 18.4. The van der Waals surface area contributed by atoms with Crippen molar-refractivity contribution in [3.8, 4) is 17.2 Å². The minimum atomic E-state index is 0.497. The van der Waals surface area contributed by atoms with E-state index in [9.17, 15) is 0 Å². The average Bonchev–Trinajstić information content (AvgIpc) is 2.82. The second kappa shape index (κ2) is 11.8. The van der Waals surface area contributed by atoms with Gasteiger partial charge in [-0.1, -0.05) is 66.7 Å². The van der Waals surface area contributed by atoms with Crippen molar-refractivity contribution in [3.05, 3.63) is 102 Å². The van der Waals surface area contributed by atoms with Gasteiger partial charge in [0.15, 0.2) is 11.5 Å². The molecule has 0 saturated heterocycles. The first kappa shape index (κ1) is 22.4. The standard InChI is InChI=1S/C27H31NO3/c1-4-18-28(19-17-23-13-8-9-15-25(23)29-2)20-24-14-10-16-26(30-3)27(24)31-21-22-11-6-5-7-12-22/h4-16H,1,17-21H2,2-3H3. The topological polar surface area (TPSA) is 30.9 Å². The first-order valence-electron chi connectivity index (χ1n) is 10.5. The van der Waals surface area contributed by atoms with Gasteiger partial charge in [-0.05, 0) is 29.7 Å². The van der Waals surface area contributed by atoms with Gasteiger partial charge in [-0.25, -0.2) is 0 Å². The van der Waals surface area contributed by atoms with Crippen molar-refractivity contribution in [2.75, 3.05) is 27.3 Å². The third-order valence-corrected chi connectivity index (χ3v) is 5.18. The van der Waals surface area contributed by atoms with E-state index in [2.05, 4.69) is 35.7 Å². The highest BCUT2D eigenvalue weighted by molar-refractivity contribution is 5.47. The average molecular weight is 418 g/mol. The van der Waals surface area contributed by atoms with Gasteiger partial charge in [0.1, 0.15) is 12.4 Å². The first-order chi connectivity index (χ1) is 15.2. The van der Waals surface area contributed by atoms with Crippen molar-refractivity contribution in [2.45, 2.75) is 19.6 Å². The summed E-state index contributed by atoms with van der Waals surface area (Å²) >= 11 is 0. The van der Waals surface area contributed by atoms with Crippen LogP contribution < -0.4 is 14.2 Å². The Kier molecular flexibility index (Phi) is 8.56. The number of para-hydroxylation sites is 2. The van der Waals surface area contributed by atoms with Gasteiger partial charge in [-0.15, -0.1) is 6.58 Å². The van der Waals surface area contributed by atoms with Crippen LogP contribution in [0.1, 0.15) is 16.7 Å². The van der Waals surface area contributed by atoms with E-state index >= 15 is 0 Å². The van der Waals surface area contributed by atoms with Crippen molar-refractivity contribution < 1.29 is 14.2 Å². The lowest BCUT2D eigenvalue weighted by Crippen LogP contribution is -2.26. The number of nitrogens with zero attached hydrogens (tertiary/aromatic N) is 1. The third kappa shape index (κ3) is 6.37. The lowest BCUT2D eigenvalue weighted by atomic mass is 10.1. The summed E-state index contributed by atoms with van der Waals surface area (Å²) in [6.45, 7) is 6.84. The Hall–Kier alpha value is -3.24. The fourth-order valence-electron chi connectivity index (χ4n) is 3.59. The molecule has 3 aromatic carbocycles. The van der Waals surface area contributed by atoms with Gasteiger partial charge in [0.25, 0.3) is 0 Å². The highest BCUT2D eigenvalue weighted by Crippen LogP contribution is 2.33. The van der Waals surface area contributed by atoms with Crippen LogP contribution in [0.2, 0.25) is 0 Å². The molecule has 3 rings (SSSR count). The minimum absolute atomic E-state index is 0.497. The molecule has 0 fully saturated rings. The van der Waals surface area contributed by atoms with Gasteiger partial charge >= 0.3 is 0 Å². The fraction of sp³-hybridized carbons (Fsp3) is 0.259. The number of hydrogen-bond acceptors (Lipinski definition) is 4. The summed E-state index contributed by atoms with van der Waals surface area (Å²) in [7, 11) is 3.39. The van der Waals surface area contributed by atoms with E-state index in [0.29, 0.717) is 6.61 Å². The molecule has 0 bridgehead atoms. The molecule has 0 aliphatic carbocycles. The molecule has 0 saturated carbocycles. The largest absolute Gasteiger partial charge is 0.496 e. The molecule has 4 nitrogen and oxygen atoms in total. The normalized spacial score (nSPS) is 10.7. The monoisotopic (exact) mass is 417 g/mol. The van der Waals surface area contributed by atoms with Crippen LogP contribution >= 0.6 is 0 Å². The summed E-state index contributed by atoms with van der Waals surface area (Å²) in [6.07, 6.45) is 2.83. The van der Waals surface area contributed by atoms with E-state index in [1.54, 1.807) is 14.2 Å². The molecule has 0 radical (unpaired) electrons. The first-order valence-corrected chi connectivity index (χ1v) is 10.5. The molecule has 0 spiro atoms. The van der Waals surface area contributed by atoms with Crippen molar-refractivity contribution >= 4 is 0 Å². The Bertz CT molecular complexity index is 956. The van der Waals surface area contributed by atoms with Crippen molar-refractivity contribution in [1.82, 2.24) is 4.90 Å². The van der Waals surface area contributed by atoms with E-state index in [1.165, 1.54) is 5.56 Å². The maximum atomic E-state index is 6.23. The summed E-state index contributed by atoms with van der Waals surface area (Å²) in [6, 6.07) is 24.4. The lowest BCUT2D eigenvalue weighted by Gasteiger charge is -2.23. The number of benzene rings is 3. The van der Waals surface area contributed by atoms with E-state index in [1.807, 2.05) is 54.6 Å². The Morgan fingerprint density at radius 3 is 2.23 bits per heavy atom. The predicted molar refractivity (Wildman–Crippen MR) is 126 cm³/mol. The lowest BCUT2D eigenvalue weighted by molar-refractivity contribution is 0.261. The summed E-state index contributed by atoms with van der Waals surface area (Å²) in [5.74, 6) is 2.46. The fourth-order valence-corrected chi connectivity index (χ4v) is 3.59. The van der Waals surface area contributed by atoms with Gasteiger partial charge in [0.2, 0.25) is 0 Å². The number of methoxy groups -OCH3 is 2. The zero-order chi connectivity index (χ0) is 21.9. The molecule has 0 aliphatic rings. The zero-order valence-corrected chi connectivity index (χ0v) is 18.4. The molecule has 0 N–H and O–H groups in total. The highest BCUT2D eigenvalue weighted by atomic mass is 16.5. The Balaban J connectivity index is 1.75. The van der Waals surface area contributed by atoms with Crippen molar-refractivity contribution in [3.63, 3.8) is 0 Å². The second-order valence-corrected chi connectivity index (χ2v) is 7.31. The van der Waals surface area contributed by atoms with E-state index < -0.39 is 0 Å². The van der Waals surface area contributed by atoms with Crippen LogP contribution in [-0.2, 0) is 19.6 Å². The molecule has 0 amide bonds. The molecule has 4 heteroatoms. The van der Waals surface area contributed by atoms with Crippen LogP contribution in [0.4, 0.5) is 0 Å². The number of ether oxygens (including phenoxy) is 3. The number of rotatable bonds is 12. The molecule has 0 atom stereocenters. The Morgan fingerprint density at radius 2 is 1.48 bits per heavy atom. The molecule has 31 heavy (non-hydrogen) atoms. The summed E-state index contributed by atoms with van der Waals surface area (Å²) < 4.78 is 17.3. The molecule has 0 heterocycles. The van der Waals surface area contributed by atoms with E-state index in [4.69, 9.17) is 14.2 Å².